The van der Waals surface area contributed by atoms with Gasteiger partial charge in [-0.05, 0) is 49.7 Å². The molecule has 1 N–H and O–H groups in total. The molecule has 0 bridgehead atoms. The average Bonchev–Trinajstić information content (AvgIpc) is 3.44. The first-order chi connectivity index (χ1) is 14.4. The summed E-state index contributed by atoms with van der Waals surface area (Å²) in [5.74, 6) is -1.27. The highest BCUT2D eigenvalue weighted by Gasteiger charge is 2.28. The van der Waals surface area contributed by atoms with Gasteiger partial charge in [0.05, 0.1) is 5.92 Å². The first kappa shape index (κ1) is 19.2. The minimum absolute atomic E-state index is 0.00799. The molecule has 1 atom stereocenters. The summed E-state index contributed by atoms with van der Waals surface area (Å²) < 4.78 is 12.3. The van der Waals surface area contributed by atoms with E-state index in [1.165, 1.54) is 0 Å². The fourth-order valence-electron chi connectivity index (χ4n) is 3.41. The molecule has 30 heavy (non-hydrogen) atoms. The van der Waals surface area contributed by atoms with Crippen LogP contribution < -0.4 is 5.32 Å². The topological polar surface area (TPSA) is 114 Å². The van der Waals surface area contributed by atoms with Crippen LogP contribution in [0.4, 0.5) is 5.69 Å². The van der Waals surface area contributed by atoms with Gasteiger partial charge in [-0.1, -0.05) is 0 Å². The third-order valence-corrected chi connectivity index (χ3v) is 5.05. The third-order valence-electron chi connectivity index (χ3n) is 5.05. The second-order valence-corrected chi connectivity index (χ2v) is 6.93. The van der Waals surface area contributed by atoms with Gasteiger partial charge in [0.15, 0.2) is 12.4 Å². The summed E-state index contributed by atoms with van der Waals surface area (Å²) in [5, 5.41) is 12.3. The van der Waals surface area contributed by atoms with E-state index in [2.05, 4.69) is 5.32 Å². The predicted octanol–water partition coefficient (Wildman–Crippen LogP) is 3.35. The lowest BCUT2D eigenvalue weighted by Crippen LogP contribution is -2.15. The maximum atomic E-state index is 12.6. The van der Waals surface area contributed by atoms with Gasteiger partial charge in [0.25, 0.3) is 0 Å². The van der Waals surface area contributed by atoms with Gasteiger partial charge in [0.2, 0.25) is 11.8 Å². The van der Waals surface area contributed by atoms with Crippen molar-refractivity contribution >= 4 is 23.3 Å². The number of rotatable bonds is 5. The van der Waals surface area contributed by atoms with Crippen molar-refractivity contribution in [2.75, 3.05) is 11.9 Å². The standard InChI is InChI=1S/C22H17N3O5/c1-12-15-9-14(5-6-17(15)24-20(12)27)18(26)11-29-22(28)19-13(2)30-21(16(19)10-23)25-7-3-4-8-25/h3-9,12H,11H2,1-2H3,(H,24,27)/t12-/m1/s1. The number of ketones is 1. The molecule has 8 heteroatoms. The highest BCUT2D eigenvalue weighted by molar-refractivity contribution is 6.05. The molecular formula is C22H17N3O5. The van der Waals surface area contributed by atoms with E-state index in [0.29, 0.717) is 11.3 Å². The predicted molar refractivity (Wildman–Crippen MR) is 106 cm³/mol. The second kappa shape index (κ2) is 7.37. The first-order valence-corrected chi connectivity index (χ1v) is 9.22. The first-order valence-electron chi connectivity index (χ1n) is 9.22. The molecular weight excluding hydrogens is 386 g/mol. The number of hydrogen-bond acceptors (Lipinski definition) is 6. The van der Waals surface area contributed by atoms with Crippen LogP contribution in [0, 0.1) is 18.3 Å². The van der Waals surface area contributed by atoms with Crippen molar-refractivity contribution in [2.45, 2.75) is 19.8 Å². The second-order valence-electron chi connectivity index (χ2n) is 6.93. The number of nitrogens with zero attached hydrogens (tertiary/aromatic N) is 2. The smallest absolute Gasteiger partial charge is 0.343 e. The lowest BCUT2D eigenvalue weighted by Gasteiger charge is -2.07. The van der Waals surface area contributed by atoms with Crippen LogP contribution in [0.2, 0.25) is 0 Å². The molecule has 3 aromatic rings. The van der Waals surface area contributed by atoms with Gasteiger partial charge in [0.1, 0.15) is 23.0 Å². The molecule has 0 saturated carbocycles. The molecule has 3 heterocycles. The lowest BCUT2D eigenvalue weighted by molar-refractivity contribution is -0.116. The van der Waals surface area contributed by atoms with Gasteiger partial charge in [-0.3, -0.25) is 14.2 Å². The Bertz CT molecular complexity index is 1210. The van der Waals surface area contributed by atoms with Crippen LogP contribution in [0.3, 0.4) is 0 Å². The number of carbonyl (C=O) groups is 3. The van der Waals surface area contributed by atoms with E-state index in [0.717, 1.165) is 5.56 Å². The summed E-state index contributed by atoms with van der Waals surface area (Å²) >= 11 is 0. The number of benzene rings is 1. The Morgan fingerprint density at radius 3 is 2.73 bits per heavy atom. The van der Waals surface area contributed by atoms with E-state index < -0.39 is 18.4 Å². The average molecular weight is 403 g/mol. The zero-order valence-corrected chi connectivity index (χ0v) is 16.3. The monoisotopic (exact) mass is 403 g/mol. The van der Waals surface area contributed by atoms with Gasteiger partial charge in [-0.2, -0.15) is 5.26 Å². The van der Waals surface area contributed by atoms with Gasteiger partial charge in [-0.25, -0.2) is 4.79 Å². The molecule has 1 aliphatic heterocycles. The van der Waals surface area contributed by atoms with E-state index in [-0.39, 0.29) is 34.6 Å². The Morgan fingerprint density at radius 1 is 1.30 bits per heavy atom. The van der Waals surface area contributed by atoms with Crippen LogP contribution in [0.1, 0.15) is 50.4 Å². The molecule has 1 aromatic carbocycles. The maximum Gasteiger partial charge on any atom is 0.343 e. The number of hydrogen-bond donors (Lipinski definition) is 1. The molecule has 2 aromatic heterocycles. The highest BCUT2D eigenvalue weighted by atomic mass is 16.5. The van der Waals surface area contributed by atoms with Crippen LogP contribution in [-0.2, 0) is 9.53 Å². The number of anilines is 1. The van der Waals surface area contributed by atoms with Crippen LogP contribution in [-0.4, -0.2) is 28.8 Å². The Kier molecular flexibility index (Phi) is 4.72. The molecule has 0 radical (unpaired) electrons. The van der Waals surface area contributed by atoms with Crippen LogP contribution in [0.25, 0.3) is 5.88 Å². The number of nitriles is 1. The van der Waals surface area contributed by atoms with E-state index in [1.807, 2.05) is 6.07 Å². The number of carbonyl (C=O) groups excluding carboxylic acids is 3. The summed E-state index contributed by atoms with van der Waals surface area (Å²) in [4.78, 5) is 36.9. The van der Waals surface area contributed by atoms with Crippen molar-refractivity contribution in [3.8, 4) is 12.0 Å². The summed E-state index contributed by atoms with van der Waals surface area (Å²) in [6, 6.07) is 10.3. The van der Waals surface area contributed by atoms with Crippen molar-refractivity contribution in [2.24, 2.45) is 0 Å². The Labute approximate surface area is 171 Å². The summed E-state index contributed by atoms with van der Waals surface area (Å²) in [6.45, 7) is 2.81. The molecule has 0 aliphatic carbocycles. The fraction of sp³-hybridized carbons (Fsp3) is 0.182. The van der Waals surface area contributed by atoms with Gasteiger partial charge in [-0.15, -0.1) is 0 Å². The Balaban J connectivity index is 1.52. The number of esters is 1. The third kappa shape index (κ3) is 3.16. The van der Waals surface area contributed by atoms with Crippen molar-refractivity contribution in [3.05, 3.63) is 70.7 Å². The number of aryl methyl sites for hydroxylation is 1. The van der Waals surface area contributed by atoms with Gasteiger partial charge in [0, 0.05) is 23.6 Å². The molecule has 8 nitrogen and oxygen atoms in total. The van der Waals surface area contributed by atoms with E-state index in [4.69, 9.17) is 9.15 Å². The quantitative estimate of drug-likeness (QED) is 0.516. The number of ether oxygens (including phenoxy) is 1. The zero-order chi connectivity index (χ0) is 21.4. The van der Waals surface area contributed by atoms with Crippen molar-refractivity contribution in [3.63, 3.8) is 0 Å². The number of aromatic nitrogens is 1. The lowest BCUT2D eigenvalue weighted by atomic mass is 9.99. The fourth-order valence-corrected chi connectivity index (χ4v) is 3.41. The number of fused-ring (bicyclic) bond motifs is 1. The SMILES string of the molecule is Cc1oc(-n2cccc2)c(C#N)c1C(=O)OCC(=O)c1ccc2c(c1)[C@@H](C)C(=O)N2. The number of Topliss-reactive ketones (excluding diaryl/α,β-unsaturated/α-hetero) is 1. The van der Waals surface area contributed by atoms with E-state index in [1.54, 1.807) is 61.1 Å². The number of amides is 1. The van der Waals surface area contributed by atoms with Crippen molar-refractivity contribution in [1.82, 2.24) is 4.57 Å². The molecule has 0 saturated heterocycles. The molecule has 1 amide bonds. The van der Waals surface area contributed by atoms with Crippen LogP contribution in [0.5, 0.6) is 0 Å². The zero-order valence-electron chi connectivity index (χ0n) is 16.3. The highest BCUT2D eigenvalue weighted by Crippen LogP contribution is 2.33. The minimum atomic E-state index is -0.814. The number of nitrogens with one attached hydrogen (secondary N) is 1. The van der Waals surface area contributed by atoms with Gasteiger partial charge < -0.3 is 14.5 Å². The van der Waals surface area contributed by atoms with Crippen LogP contribution in [0.15, 0.2) is 47.1 Å². The summed E-state index contributed by atoms with van der Waals surface area (Å²) in [6.07, 6.45) is 3.37. The molecule has 1 aliphatic rings. The summed E-state index contributed by atoms with van der Waals surface area (Å²) in [5.41, 5.74) is 1.77. The maximum absolute atomic E-state index is 12.6. The van der Waals surface area contributed by atoms with Crippen LogP contribution >= 0.6 is 0 Å². The van der Waals surface area contributed by atoms with Crippen molar-refractivity contribution in [1.29, 1.82) is 5.26 Å². The largest absolute Gasteiger partial charge is 0.454 e. The molecule has 0 fully saturated rings. The van der Waals surface area contributed by atoms with Gasteiger partial charge >= 0.3 is 5.97 Å². The molecule has 4 rings (SSSR count). The number of furan rings is 1. The minimum Gasteiger partial charge on any atom is -0.454 e. The molecule has 150 valence electrons. The van der Waals surface area contributed by atoms with E-state index in [9.17, 15) is 19.6 Å². The molecule has 0 spiro atoms. The van der Waals surface area contributed by atoms with Crippen molar-refractivity contribution < 1.29 is 23.5 Å². The molecule has 0 unspecified atom stereocenters. The van der Waals surface area contributed by atoms with E-state index >= 15 is 0 Å². The Hall–Kier alpha value is -4.12. The normalized spacial score (nSPS) is 14.7. The Morgan fingerprint density at radius 2 is 2.03 bits per heavy atom. The summed E-state index contributed by atoms with van der Waals surface area (Å²) in [7, 11) is 0.